The molecule has 0 atom stereocenters. The van der Waals surface area contributed by atoms with Gasteiger partial charge in [0.05, 0.1) is 5.56 Å². The Labute approximate surface area is 146 Å². The summed E-state index contributed by atoms with van der Waals surface area (Å²) in [6, 6.07) is 18.2. The van der Waals surface area contributed by atoms with Gasteiger partial charge in [-0.1, -0.05) is 59.7 Å². The van der Waals surface area contributed by atoms with Crippen LogP contribution in [0.4, 0.5) is 13.2 Å². The van der Waals surface area contributed by atoms with Gasteiger partial charge < -0.3 is 0 Å². The van der Waals surface area contributed by atoms with Gasteiger partial charge in [-0.25, -0.2) is 0 Å². The summed E-state index contributed by atoms with van der Waals surface area (Å²) < 4.78 is 39.1. The molecular weight excluding hydrogens is 321 g/mol. The van der Waals surface area contributed by atoms with E-state index < -0.39 is 11.7 Å². The zero-order valence-corrected chi connectivity index (χ0v) is 14.4. The molecule has 0 unspecified atom stereocenters. The minimum atomic E-state index is -4.33. The number of aryl methyl sites for hydroxylation is 3. The highest BCUT2D eigenvalue weighted by Gasteiger charge is 2.30. The van der Waals surface area contributed by atoms with Crippen molar-refractivity contribution in [3.8, 4) is 22.3 Å². The molecular formula is C22H19F3. The van der Waals surface area contributed by atoms with E-state index in [1.54, 1.807) is 13.0 Å². The number of rotatable bonds is 2. The van der Waals surface area contributed by atoms with Gasteiger partial charge in [0.1, 0.15) is 0 Å². The van der Waals surface area contributed by atoms with Crippen molar-refractivity contribution in [1.82, 2.24) is 0 Å². The Kier molecular flexibility index (Phi) is 4.42. The molecule has 3 heteroatoms. The van der Waals surface area contributed by atoms with Crippen LogP contribution in [-0.4, -0.2) is 0 Å². The molecule has 0 saturated heterocycles. The molecule has 0 N–H and O–H groups in total. The second-order valence-corrected chi connectivity index (χ2v) is 6.54. The van der Waals surface area contributed by atoms with E-state index >= 15 is 0 Å². The summed E-state index contributed by atoms with van der Waals surface area (Å²) in [4.78, 5) is 0. The molecule has 0 bridgehead atoms. The van der Waals surface area contributed by atoms with Gasteiger partial charge in [0, 0.05) is 0 Å². The van der Waals surface area contributed by atoms with Gasteiger partial charge in [0.15, 0.2) is 0 Å². The van der Waals surface area contributed by atoms with E-state index in [1.807, 2.05) is 24.3 Å². The zero-order chi connectivity index (χ0) is 18.2. The summed E-state index contributed by atoms with van der Waals surface area (Å²) >= 11 is 0. The van der Waals surface area contributed by atoms with Crippen molar-refractivity contribution in [2.24, 2.45) is 0 Å². The lowest BCUT2D eigenvalue weighted by Gasteiger charge is -2.12. The second-order valence-electron chi connectivity index (χ2n) is 6.54. The predicted octanol–water partition coefficient (Wildman–Crippen LogP) is 6.96. The lowest BCUT2D eigenvalue weighted by Crippen LogP contribution is -2.05. The average Bonchev–Trinajstić information content (AvgIpc) is 2.53. The molecule has 0 amide bonds. The number of hydrogen-bond acceptors (Lipinski definition) is 0. The Hall–Kier alpha value is -2.55. The molecule has 3 rings (SSSR count). The smallest absolute Gasteiger partial charge is 0.166 e. The minimum Gasteiger partial charge on any atom is -0.166 e. The van der Waals surface area contributed by atoms with Crippen LogP contribution < -0.4 is 0 Å². The van der Waals surface area contributed by atoms with Crippen LogP contribution in [0.1, 0.15) is 22.3 Å². The van der Waals surface area contributed by atoms with Crippen LogP contribution in [-0.2, 0) is 6.18 Å². The molecule has 3 aromatic rings. The van der Waals surface area contributed by atoms with Crippen molar-refractivity contribution in [3.05, 3.63) is 82.9 Å². The molecule has 0 heterocycles. The molecule has 0 fully saturated rings. The van der Waals surface area contributed by atoms with Gasteiger partial charge in [-0.15, -0.1) is 0 Å². The van der Waals surface area contributed by atoms with E-state index in [9.17, 15) is 13.2 Å². The summed E-state index contributed by atoms with van der Waals surface area (Å²) in [7, 11) is 0. The molecule has 0 aliphatic rings. The maximum atomic E-state index is 13.0. The molecule has 0 spiro atoms. The van der Waals surface area contributed by atoms with Crippen molar-refractivity contribution >= 4 is 0 Å². The third-order valence-corrected chi connectivity index (χ3v) is 4.18. The number of halogens is 3. The molecule has 0 aliphatic carbocycles. The zero-order valence-electron chi connectivity index (χ0n) is 14.4. The van der Waals surface area contributed by atoms with Crippen LogP contribution in [0.5, 0.6) is 0 Å². The van der Waals surface area contributed by atoms with Gasteiger partial charge >= 0.3 is 6.18 Å². The van der Waals surface area contributed by atoms with Crippen LogP contribution in [0.3, 0.4) is 0 Å². The van der Waals surface area contributed by atoms with E-state index in [2.05, 4.69) is 32.0 Å². The lowest BCUT2D eigenvalue weighted by atomic mass is 9.96. The minimum absolute atomic E-state index is 0.583. The second kappa shape index (κ2) is 6.40. The number of hydrogen-bond donors (Lipinski definition) is 0. The van der Waals surface area contributed by atoms with Gasteiger partial charge in [-0.3, -0.25) is 0 Å². The first-order chi connectivity index (χ1) is 11.7. The van der Waals surface area contributed by atoms with Crippen molar-refractivity contribution < 1.29 is 13.2 Å². The van der Waals surface area contributed by atoms with Crippen molar-refractivity contribution in [2.45, 2.75) is 26.9 Å². The normalized spacial score (nSPS) is 11.6. The highest BCUT2D eigenvalue weighted by atomic mass is 19.4. The molecule has 0 aliphatic heterocycles. The molecule has 0 radical (unpaired) electrons. The average molecular weight is 340 g/mol. The number of benzene rings is 3. The van der Waals surface area contributed by atoms with E-state index in [-0.39, 0.29) is 0 Å². The Morgan fingerprint density at radius 1 is 0.520 bits per heavy atom. The Morgan fingerprint density at radius 2 is 0.920 bits per heavy atom. The summed E-state index contributed by atoms with van der Waals surface area (Å²) in [5.74, 6) is 0. The molecule has 25 heavy (non-hydrogen) atoms. The van der Waals surface area contributed by atoms with E-state index in [0.29, 0.717) is 11.1 Å². The predicted molar refractivity (Wildman–Crippen MR) is 96.5 cm³/mol. The largest absolute Gasteiger partial charge is 0.416 e. The third kappa shape index (κ3) is 3.93. The van der Waals surface area contributed by atoms with Crippen LogP contribution in [0.2, 0.25) is 0 Å². The highest BCUT2D eigenvalue weighted by Crippen LogP contribution is 2.34. The van der Waals surface area contributed by atoms with Crippen molar-refractivity contribution in [2.75, 3.05) is 0 Å². The molecule has 3 aromatic carbocycles. The summed E-state index contributed by atoms with van der Waals surface area (Å²) in [6.45, 7) is 5.79. The van der Waals surface area contributed by atoms with Gasteiger partial charge in [0.25, 0.3) is 0 Å². The SMILES string of the molecule is Cc1cc(C)cc(-c2ccc(-c3cc(C)cc(C(F)(F)F)c3)cc2)c1. The topological polar surface area (TPSA) is 0 Å². The summed E-state index contributed by atoms with van der Waals surface area (Å²) in [5, 5.41) is 0. The van der Waals surface area contributed by atoms with Crippen LogP contribution in [0.15, 0.2) is 60.7 Å². The van der Waals surface area contributed by atoms with Gasteiger partial charge in [-0.2, -0.15) is 13.2 Å². The molecule has 0 nitrogen and oxygen atoms in total. The monoisotopic (exact) mass is 340 g/mol. The fourth-order valence-corrected chi connectivity index (χ4v) is 3.11. The highest BCUT2D eigenvalue weighted by molar-refractivity contribution is 5.72. The quantitative estimate of drug-likeness (QED) is 0.473. The first kappa shape index (κ1) is 17.3. The lowest BCUT2D eigenvalue weighted by molar-refractivity contribution is -0.137. The molecule has 0 aromatic heterocycles. The third-order valence-electron chi connectivity index (χ3n) is 4.18. The van der Waals surface area contributed by atoms with Gasteiger partial charge in [-0.05, 0) is 60.7 Å². The van der Waals surface area contributed by atoms with Crippen LogP contribution in [0.25, 0.3) is 22.3 Å². The molecule has 128 valence electrons. The number of alkyl halides is 3. The molecule has 0 saturated carbocycles. The van der Waals surface area contributed by atoms with Crippen LogP contribution in [0, 0.1) is 20.8 Å². The van der Waals surface area contributed by atoms with Crippen molar-refractivity contribution in [3.63, 3.8) is 0 Å². The maximum Gasteiger partial charge on any atom is 0.416 e. The standard InChI is InChI=1S/C22H19F3/c1-14-8-15(2)10-19(9-14)17-4-6-18(7-5-17)20-11-16(3)12-21(13-20)22(23,24)25/h4-13H,1-3H3. The Morgan fingerprint density at radius 3 is 1.36 bits per heavy atom. The van der Waals surface area contributed by atoms with Crippen molar-refractivity contribution in [1.29, 1.82) is 0 Å². The summed E-state index contributed by atoms with van der Waals surface area (Å²) in [5.41, 5.74) is 5.90. The van der Waals surface area contributed by atoms with Crippen LogP contribution >= 0.6 is 0 Å². The van der Waals surface area contributed by atoms with E-state index in [4.69, 9.17) is 0 Å². The first-order valence-corrected chi connectivity index (χ1v) is 8.10. The van der Waals surface area contributed by atoms with E-state index in [1.165, 1.54) is 23.3 Å². The van der Waals surface area contributed by atoms with E-state index in [0.717, 1.165) is 16.7 Å². The van der Waals surface area contributed by atoms with Gasteiger partial charge in [0.2, 0.25) is 0 Å². The fourth-order valence-electron chi connectivity index (χ4n) is 3.11. The fraction of sp³-hybridized carbons (Fsp3) is 0.182. The summed E-state index contributed by atoms with van der Waals surface area (Å²) in [6.07, 6.45) is -4.33. The Bertz CT molecular complexity index is 883. The Balaban J connectivity index is 1.99. The first-order valence-electron chi connectivity index (χ1n) is 8.10. The maximum absolute atomic E-state index is 13.0.